The van der Waals surface area contributed by atoms with Crippen LogP contribution >= 0.6 is 0 Å². The highest BCUT2D eigenvalue weighted by molar-refractivity contribution is 6.04. The van der Waals surface area contributed by atoms with Crippen molar-refractivity contribution in [1.82, 2.24) is 10.2 Å². The average Bonchev–Trinajstić information content (AvgIpc) is 3.28. The Balaban J connectivity index is 1.73. The predicted molar refractivity (Wildman–Crippen MR) is 95.8 cm³/mol. The zero-order chi connectivity index (χ0) is 17.8. The quantitative estimate of drug-likeness (QED) is 0.876. The summed E-state index contributed by atoms with van der Waals surface area (Å²) in [6.07, 6.45) is 2.47. The van der Waals surface area contributed by atoms with E-state index < -0.39 is 0 Å². The lowest BCUT2D eigenvalue weighted by molar-refractivity contribution is 0.0787. The number of nitrogens with one attached hydrogen (secondary N) is 2. The van der Waals surface area contributed by atoms with Crippen molar-refractivity contribution in [3.63, 3.8) is 0 Å². The van der Waals surface area contributed by atoms with Crippen molar-refractivity contribution in [3.8, 4) is 0 Å². The number of amides is 2. The van der Waals surface area contributed by atoms with Crippen LogP contribution in [0.2, 0.25) is 0 Å². The van der Waals surface area contributed by atoms with E-state index in [-0.39, 0.29) is 17.6 Å². The number of carbonyl (C=O) groups is 2. The zero-order valence-electron chi connectivity index (χ0n) is 14.5. The van der Waals surface area contributed by atoms with E-state index in [9.17, 15) is 9.59 Å². The minimum Gasteiger partial charge on any atom is -0.459 e. The molecule has 6 heteroatoms. The molecule has 0 bridgehead atoms. The van der Waals surface area contributed by atoms with E-state index in [2.05, 4.69) is 10.6 Å². The molecule has 1 atom stereocenters. The summed E-state index contributed by atoms with van der Waals surface area (Å²) in [5, 5.41) is 5.98. The van der Waals surface area contributed by atoms with Crippen LogP contribution in [0.3, 0.4) is 0 Å². The van der Waals surface area contributed by atoms with Crippen LogP contribution in [0.5, 0.6) is 0 Å². The fraction of sp³-hybridized carbons (Fsp3) is 0.368. The molecule has 1 aromatic carbocycles. The molecule has 1 aliphatic heterocycles. The van der Waals surface area contributed by atoms with Gasteiger partial charge in [0.2, 0.25) is 0 Å². The van der Waals surface area contributed by atoms with Crippen LogP contribution in [0.15, 0.2) is 41.0 Å². The van der Waals surface area contributed by atoms with Crippen molar-refractivity contribution in [2.75, 3.05) is 32.0 Å². The van der Waals surface area contributed by atoms with E-state index in [4.69, 9.17) is 4.42 Å². The van der Waals surface area contributed by atoms with Gasteiger partial charge in [0.05, 0.1) is 6.26 Å². The number of hydrogen-bond donors (Lipinski definition) is 2. The molecule has 132 valence electrons. The Morgan fingerprint density at radius 2 is 2.16 bits per heavy atom. The first-order valence-electron chi connectivity index (χ1n) is 8.48. The summed E-state index contributed by atoms with van der Waals surface area (Å²) in [6.45, 7) is 4.35. The Kier molecular flexibility index (Phi) is 5.19. The molecule has 2 aromatic rings. The van der Waals surface area contributed by atoms with Crippen molar-refractivity contribution in [2.45, 2.75) is 13.3 Å². The van der Waals surface area contributed by atoms with E-state index in [1.165, 1.54) is 6.26 Å². The van der Waals surface area contributed by atoms with Gasteiger partial charge in [-0.2, -0.15) is 0 Å². The first-order chi connectivity index (χ1) is 12.1. The smallest absolute Gasteiger partial charge is 0.291 e. The Morgan fingerprint density at radius 3 is 2.88 bits per heavy atom. The van der Waals surface area contributed by atoms with Crippen LogP contribution < -0.4 is 10.6 Å². The van der Waals surface area contributed by atoms with Gasteiger partial charge in [-0.15, -0.1) is 0 Å². The van der Waals surface area contributed by atoms with Gasteiger partial charge in [-0.05, 0) is 62.7 Å². The second-order valence-electron chi connectivity index (χ2n) is 6.42. The molecule has 1 fully saturated rings. The van der Waals surface area contributed by atoms with Gasteiger partial charge in [0.15, 0.2) is 5.76 Å². The van der Waals surface area contributed by atoms with Crippen LogP contribution in [0.4, 0.5) is 5.69 Å². The number of aryl methyl sites for hydroxylation is 1. The minimum absolute atomic E-state index is 0.00657. The van der Waals surface area contributed by atoms with Crippen molar-refractivity contribution in [2.24, 2.45) is 5.92 Å². The molecule has 25 heavy (non-hydrogen) atoms. The predicted octanol–water partition coefficient (Wildman–Crippen LogP) is 2.52. The van der Waals surface area contributed by atoms with Gasteiger partial charge < -0.3 is 20.0 Å². The number of anilines is 1. The summed E-state index contributed by atoms with van der Waals surface area (Å²) in [5.41, 5.74) is 2.11. The van der Waals surface area contributed by atoms with Crippen LogP contribution in [0.25, 0.3) is 0 Å². The lowest BCUT2D eigenvalue weighted by Crippen LogP contribution is -2.30. The largest absolute Gasteiger partial charge is 0.459 e. The summed E-state index contributed by atoms with van der Waals surface area (Å²) in [6, 6.07) is 8.67. The first kappa shape index (κ1) is 17.2. The zero-order valence-corrected chi connectivity index (χ0v) is 14.5. The van der Waals surface area contributed by atoms with Gasteiger partial charge >= 0.3 is 0 Å². The summed E-state index contributed by atoms with van der Waals surface area (Å²) in [4.78, 5) is 26.8. The number of carbonyl (C=O) groups excluding carboxylic acids is 2. The maximum absolute atomic E-state index is 12.7. The number of nitrogens with zero attached hydrogens (tertiary/aromatic N) is 1. The third-order valence-corrected chi connectivity index (χ3v) is 4.54. The highest BCUT2D eigenvalue weighted by Gasteiger charge is 2.26. The molecule has 1 aliphatic rings. The minimum atomic E-state index is -0.326. The number of likely N-dealkylation sites (tertiary alicyclic amines) is 1. The number of hydrogen-bond acceptors (Lipinski definition) is 4. The highest BCUT2D eigenvalue weighted by atomic mass is 16.3. The molecule has 2 N–H and O–H groups in total. The van der Waals surface area contributed by atoms with Crippen LogP contribution in [0, 0.1) is 12.8 Å². The van der Waals surface area contributed by atoms with E-state index in [1.54, 1.807) is 18.2 Å². The molecular formula is C19H23N3O3. The molecule has 1 saturated heterocycles. The van der Waals surface area contributed by atoms with Crippen molar-refractivity contribution in [3.05, 3.63) is 53.5 Å². The SMILES string of the molecule is CNCC1CCN(C(=O)c2ccc(C)c(NC(=O)c3ccco3)c2)C1. The summed E-state index contributed by atoms with van der Waals surface area (Å²) >= 11 is 0. The third-order valence-electron chi connectivity index (χ3n) is 4.54. The van der Waals surface area contributed by atoms with Gasteiger partial charge in [-0.25, -0.2) is 0 Å². The van der Waals surface area contributed by atoms with Crippen LogP contribution in [0.1, 0.15) is 32.9 Å². The molecule has 1 unspecified atom stereocenters. The lowest BCUT2D eigenvalue weighted by atomic mass is 10.1. The standard InChI is InChI=1S/C19H23N3O3/c1-13-5-6-15(19(24)22-8-7-14(12-22)11-20-2)10-16(13)21-18(23)17-4-3-9-25-17/h3-6,9-10,14,20H,7-8,11-12H2,1-2H3,(H,21,23). The van der Waals surface area contributed by atoms with Crippen molar-refractivity contribution in [1.29, 1.82) is 0 Å². The second-order valence-corrected chi connectivity index (χ2v) is 6.42. The van der Waals surface area contributed by atoms with Gasteiger partial charge in [0.1, 0.15) is 0 Å². The van der Waals surface area contributed by atoms with Crippen molar-refractivity contribution < 1.29 is 14.0 Å². The van der Waals surface area contributed by atoms with E-state index in [0.717, 1.165) is 31.6 Å². The number of furan rings is 1. The Hall–Kier alpha value is -2.60. The summed E-state index contributed by atoms with van der Waals surface area (Å²) < 4.78 is 5.11. The van der Waals surface area contributed by atoms with Crippen molar-refractivity contribution >= 4 is 17.5 Å². The van der Waals surface area contributed by atoms with E-state index in [1.807, 2.05) is 31.0 Å². The molecule has 0 saturated carbocycles. The summed E-state index contributed by atoms with van der Waals surface area (Å²) in [5.74, 6) is 0.420. The molecular weight excluding hydrogens is 318 g/mol. The number of benzene rings is 1. The lowest BCUT2D eigenvalue weighted by Gasteiger charge is -2.18. The molecule has 2 amide bonds. The third kappa shape index (κ3) is 3.91. The normalized spacial score (nSPS) is 16.9. The van der Waals surface area contributed by atoms with E-state index in [0.29, 0.717) is 17.2 Å². The Bertz CT molecular complexity index is 755. The fourth-order valence-electron chi connectivity index (χ4n) is 3.14. The van der Waals surface area contributed by atoms with Crippen LogP contribution in [-0.2, 0) is 0 Å². The monoisotopic (exact) mass is 341 g/mol. The molecule has 1 aromatic heterocycles. The average molecular weight is 341 g/mol. The number of rotatable bonds is 5. The topological polar surface area (TPSA) is 74.6 Å². The molecule has 0 aliphatic carbocycles. The van der Waals surface area contributed by atoms with Crippen LogP contribution in [-0.4, -0.2) is 43.4 Å². The fourth-order valence-corrected chi connectivity index (χ4v) is 3.14. The maximum atomic E-state index is 12.7. The highest BCUT2D eigenvalue weighted by Crippen LogP contribution is 2.22. The molecule has 3 rings (SSSR count). The first-order valence-corrected chi connectivity index (χ1v) is 8.48. The van der Waals surface area contributed by atoms with Gasteiger partial charge in [0, 0.05) is 24.3 Å². The Morgan fingerprint density at radius 1 is 1.32 bits per heavy atom. The van der Waals surface area contributed by atoms with Gasteiger partial charge in [-0.1, -0.05) is 6.07 Å². The van der Waals surface area contributed by atoms with Gasteiger partial charge in [0.25, 0.3) is 11.8 Å². The van der Waals surface area contributed by atoms with Gasteiger partial charge in [-0.3, -0.25) is 9.59 Å². The molecule has 0 spiro atoms. The summed E-state index contributed by atoms with van der Waals surface area (Å²) in [7, 11) is 1.93. The molecule has 2 heterocycles. The second kappa shape index (κ2) is 7.53. The van der Waals surface area contributed by atoms with E-state index >= 15 is 0 Å². The Labute approximate surface area is 147 Å². The molecule has 0 radical (unpaired) electrons. The maximum Gasteiger partial charge on any atom is 0.291 e. The molecule has 6 nitrogen and oxygen atoms in total.